The van der Waals surface area contributed by atoms with E-state index in [2.05, 4.69) is 21.0 Å². The molecule has 0 aliphatic carbocycles. The molecule has 276 valence electrons. The quantitative estimate of drug-likeness (QED) is 0.0770. The van der Waals surface area contributed by atoms with Crippen LogP contribution in [0.2, 0.25) is 0 Å². The molecular formula is C38H45N5O7S2. The molecule has 0 saturated carbocycles. The van der Waals surface area contributed by atoms with E-state index in [9.17, 15) is 23.3 Å². The number of hydrogen-bond donors (Lipinski definition) is 2. The molecule has 1 heterocycles. The van der Waals surface area contributed by atoms with E-state index in [-0.39, 0.29) is 17.3 Å². The van der Waals surface area contributed by atoms with Crippen LogP contribution in [-0.4, -0.2) is 101 Å². The number of nitro benzene ring substituents is 1. The van der Waals surface area contributed by atoms with E-state index in [4.69, 9.17) is 9.47 Å². The van der Waals surface area contributed by atoms with Gasteiger partial charge in [0.25, 0.3) is 21.6 Å². The molecule has 1 aliphatic heterocycles. The van der Waals surface area contributed by atoms with Gasteiger partial charge in [-0.3, -0.25) is 19.8 Å². The van der Waals surface area contributed by atoms with E-state index >= 15 is 0 Å². The number of thioether (sulfide) groups is 1. The number of hydrogen-bond acceptors (Lipinski definition) is 11. The Morgan fingerprint density at radius 2 is 1.75 bits per heavy atom. The first-order valence-electron chi connectivity index (χ1n) is 17.0. The van der Waals surface area contributed by atoms with Crippen LogP contribution in [0, 0.1) is 10.1 Å². The van der Waals surface area contributed by atoms with Gasteiger partial charge in [-0.25, -0.2) is 13.1 Å². The zero-order chi connectivity index (χ0) is 37.1. The molecule has 1 fully saturated rings. The summed E-state index contributed by atoms with van der Waals surface area (Å²) in [5.74, 6) is 0.455. The van der Waals surface area contributed by atoms with Crippen molar-refractivity contribution < 1.29 is 27.6 Å². The Labute approximate surface area is 309 Å². The largest absolute Gasteiger partial charge is 0.496 e. The van der Waals surface area contributed by atoms with Gasteiger partial charge >= 0.3 is 0 Å². The average molecular weight is 748 g/mol. The summed E-state index contributed by atoms with van der Waals surface area (Å²) in [4.78, 5) is 29.6. The fourth-order valence-electron chi connectivity index (χ4n) is 5.97. The van der Waals surface area contributed by atoms with E-state index in [0.29, 0.717) is 18.0 Å². The first-order chi connectivity index (χ1) is 25.0. The second-order valence-corrected chi connectivity index (χ2v) is 15.5. The molecule has 4 aromatic rings. The number of benzene rings is 4. The Morgan fingerprint density at radius 1 is 1.02 bits per heavy atom. The molecule has 0 unspecified atom stereocenters. The highest BCUT2D eigenvalue weighted by Crippen LogP contribution is 2.32. The van der Waals surface area contributed by atoms with E-state index in [0.717, 1.165) is 73.3 Å². The molecule has 12 nitrogen and oxygen atoms in total. The normalized spacial score (nSPS) is 14.2. The minimum Gasteiger partial charge on any atom is -0.496 e. The fourth-order valence-corrected chi connectivity index (χ4v) is 7.89. The van der Waals surface area contributed by atoms with Crippen LogP contribution in [-0.2, 0) is 21.2 Å². The lowest BCUT2D eigenvalue weighted by Crippen LogP contribution is -2.36. The first-order valence-corrected chi connectivity index (χ1v) is 19.5. The van der Waals surface area contributed by atoms with Crippen LogP contribution in [0.15, 0.2) is 101 Å². The predicted molar refractivity (Wildman–Crippen MR) is 205 cm³/mol. The van der Waals surface area contributed by atoms with Crippen LogP contribution in [0.25, 0.3) is 11.1 Å². The van der Waals surface area contributed by atoms with Gasteiger partial charge in [0.2, 0.25) is 0 Å². The summed E-state index contributed by atoms with van der Waals surface area (Å²) in [5.41, 5.74) is 2.68. The maximum absolute atomic E-state index is 13.3. The van der Waals surface area contributed by atoms with Crippen molar-refractivity contribution in [2.75, 3.05) is 71.7 Å². The Balaban J connectivity index is 1.24. The Hall–Kier alpha value is -4.47. The van der Waals surface area contributed by atoms with Crippen molar-refractivity contribution in [1.29, 1.82) is 0 Å². The minimum atomic E-state index is -4.44. The number of ether oxygens (including phenoxy) is 2. The van der Waals surface area contributed by atoms with E-state index in [1.54, 1.807) is 31.0 Å². The number of morpholine rings is 1. The molecule has 0 spiro atoms. The van der Waals surface area contributed by atoms with Gasteiger partial charge in [0.15, 0.2) is 0 Å². The lowest BCUT2D eigenvalue weighted by molar-refractivity contribution is -0.384. The number of amides is 1. The van der Waals surface area contributed by atoms with Gasteiger partial charge in [0, 0.05) is 53.5 Å². The lowest BCUT2D eigenvalue weighted by atomic mass is 9.99. The Kier molecular flexibility index (Phi) is 13.7. The van der Waals surface area contributed by atoms with Crippen LogP contribution in [0.1, 0.15) is 22.3 Å². The van der Waals surface area contributed by atoms with Crippen molar-refractivity contribution in [3.63, 3.8) is 0 Å². The number of carbonyl (C=O) groups is 1. The summed E-state index contributed by atoms with van der Waals surface area (Å²) in [6.07, 6.45) is 1.93. The third-order valence-corrected chi connectivity index (χ3v) is 11.1. The number of likely N-dealkylation sites (N-methyl/N-ethyl adjacent to an activating group) is 1. The monoisotopic (exact) mass is 747 g/mol. The number of methoxy groups -OCH3 is 1. The molecule has 1 aliphatic rings. The van der Waals surface area contributed by atoms with E-state index in [1.165, 1.54) is 24.3 Å². The lowest BCUT2D eigenvalue weighted by Gasteiger charge is -2.26. The molecule has 4 aromatic carbocycles. The summed E-state index contributed by atoms with van der Waals surface area (Å²) in [6, 6.07) is 25.8. The van der Waals surface area contributed by atoms with Crippen LogP contribution in [0.5, 0.6) is 5.75 Å². The SMILES string of the molecule is COc1cc(CCCN2CCOCC2)ccc1-c1ccc(C(=O)NS(=O)(=O)c2ccc(N[C@@H](CSc3ccccc3)CN(C)C)c([N+](=O)[O-])c2)cc1. The van der Waals surface area contributed by atoms with Gasteiger partial charge in [0.05, 0.1) is 30.1 Å². The van der Waals surface area contributed by atoms with Crippen molar-refractivity contribution >= 4 is 39.1 Å². The fraction of sp³-hybridized carbons (Fsp3) is 0.342. The first kappa shape index (κ1) is 38.8. The van der Waals surface area contributed by atoms with Crippen LogP contribution in [0.3, 0.4) is 0 Å². The smallest absolute Gasteiger partial charge is 0.293 e. The Morgan fingerprint density at radius 3 is 2.42 bits per heavy atom. The maximum atomic E-state index is 13.3. The zero-order valence-corrected chi connectivity index (χ0v) is 31.3. The number of anilines is 1. The van der Waals surface area contributed by atoms with Crippen molar-refractivity contribution in [2.45, 2.75) is 28.7 Å². The maximum Gasteiger partial charge on any atom is 0.293 e. The topological polar surface area (TPSA) is 143 Å². The molecule has 52 heavy (non-hydrogen) atoms. The number of nitrogens with one attached hydrogen (secondary N) is 2. The third kappa shape index (κ3) is 10.8. The standard InChI is InChI=1S/C38H45N5O7S2/c1-41(2)26-31(27-51-32-9-5-4-6-10-32)39-35-18-16-33(25-36(35)43(45)46)52(47,48)40-38(44)30-14-12-29(13-15-30)34-17-11-28(24-37(34)49-3)8-7-19-42-20-22-50-23-21-42/h4-6,9-18,24-25,31,39H,7-8,19-23,26-27H2,1-3H3,(H,40,44)/t31-/m1/s1. The second kappa shape index (κ2) is 18.3. The number of nitro groups is 1. The number of aryl methyl sites for hydroxylation is 1. The molecule has 1 saturated heterocycles. The number of sulfonamides is 1. The highest BCUT2D eigenvalue weighted by Gasteiger charge is 2.25. The molecule has 5 rings (SSSR count). The highest BCUT2D eigenvalue weighted by molar-refractivity contribution is 7.99. The summed E-state index contributed by atoms with van der Waals surface area (Å²) in [7, 11) is 0.991. The molecule has 1 amide bonds. The molecule has 0 bridgehead atoms. The highest BCUT2D eigenvalue weighted by atomic mass is 32.2. The van der Waals surface area contributed by atoms with Gasteiger partial charge in [-0.15, -0.1) is 11.8 Å². The van der Waals surface area contributed by atoms with Crippen molar-refractivity contribution in [2.24, 2.45) is 0 Å². The number of nitrogens with zero attached hydrogens (tertiary/aromatic N) is 3. The van der Waals surface area contributed by atoms with Gasteiger partial charge in [-0.2, -0.15) is 0 Å². The summed E-state index contributed by atoms with van der Waals surface area (Å²) in [5, 5.41) is 15.3. The predicted octanol–water partition coefficient (Wildman–Crippen LogP) is 5.79. The molecule has 0 aromatic heterocycles. The van der Waals surface area contributed by atoms with Crippen LogP contribution in [0.4, 0.5) is 11.4 Å². The summed E-state index contributed by atoms with van der Waals surface area (Å²) < 4.78 is 39.8. The second-order valence-electron chi connectivity index (χ2n) is 12.8. The van der Waals surface area contributed by atoms with Crippen LogP contribution >= 0.6 is 11.8 Å². The van der Waals surface area contributed by atoms with Gasteiger partial charge in [-0.1, -0.05) is 42.5 Å². The number of rotatable bonds is 17. The van der Waals surface area contributed by atoms with Gasteiger partial charge < -0.3 is 19.7 Å². The number of carbonyl (C=O) groups excluding carboxylic acids is 1. The van der Waals surface area contributed by atoms with Crippen LogP contribution < -0.4 is 14.8 Å². The van der Waals surface area contributed by atoms with Crippen molar-refractivity contribution in [3.05, 3.63) is 112 Å². The molecule has 2 N–H and O–H groups in total. The van der Waals surface area contributed by atoms with Crippen molar-refractivity contribution in [1.82, 2.24) is 14.5 Å². The summed E-state index contributed by atoms with van der Waals surface area (Å²) >= 11 is 1.61. The van der Waals surface area contributed by atoms with Gasteiger partial charge in [-0.05, 0) is 87.1 Å². The molecule has 0 radical (unpaired) electrons. The zero-order valence-electron chi connectivity index (χ0n) is 29.6. The molecular weight excluding hydrogens is 703 g/mol. The third-order valence-electron chi connectivity index (χ3n) is 8.61. The van der Waals surface area contributed by atoms with E-state index < -0.39 is 31.4 Å². The molecule has 14 heteroatoms. The average Bonchev–Trinajstić information content (AvgIpc) is 3.14. The van der Waals surface area contributed by atoms with Gasteiger partial charge in [0.1, 0.15) is 11.4 Å². The minimum absolute atomic E-state index is 0.112. The molecule has 1 atom stereocenters. The Bertz CT molecular complexity index is 1920. The summed E-state index contributed by atoms with van der Waals surface area (Å²) in [6.45, 7) is 5.08. The van der Waals surface area contributed by atoms with Crippen molar-refractivity contribution in [3.8, 4) is 16.9 Å². The van der Waals surface area contributed by atoms with E-state index in [1.807, 2.05) is 61.5 Å².